The van der Waals surface area contributed by atoms with Crippen LogP contribution < -0.4 is 15.4 Å². The standard InChI is InChI=1S/C14H18N2O3/c1-9(2)19-12-7-10(14(15)18)6-11(8-12)16-5-3-4-13(16)17/h6-9H,3-5H2,1-2H3,(H2,15,18). The Morgan fingerprint density at radius 2 is 2.11 bits per heavy atom. The van der Waals surface area contributed by atoms with E-state index in [1.807, 2.05) is 13.8 Å². The Balaban J connectivity index is 2.39. The summed E-state index contributed by atoms with van der Waals surface area (Å²) in [6.45, 7) is 4.47. The van der Waals surface area contributed by atoms with Crippen LogP contribution in [0.4, 0.5) is 5.69 Å². The number of benzene rings is 1. The molecule has 1 saturated heterocycles. The van der Waals surface area contributed by atoms with E-state index in [2.05, 4.69) is 0 Å². The highest BCUT2D eigenvalue weighted by Crippen LogP contribution is 2.28. The van der Waals surface area contributed by atoms with Crippen LogP contribution >= 0.6 is 0 Å². The molecule has 2 rings (SSSR count). The van der Waals surface area contributed by atoms with Gasteiger partial charge in [0.05, 0.1) is 6.10 Å². The van der Waals surface area contributed by atoms with Crippen molar-refractivity contribution < 1.29 is 14.3 Å². The molecule has 1 aromatic carbocycles. The number of primary amides is 1. The van der Waals surface area contributed by atoms with Gasteiger partial charge in [-0.15, -0.1) is 0 Å². The van der Waals surface area contributed by atoms with Crippen LogP contribution in [0, 0.1) is 0 Å². The summed E-state index contributed by atoms with van der Waals surface area (Å²) in [5, 5.41) is 0. The van der Waals surface area contributed by atoms with Crippen molar-refractivity contribution in [2.45, 2.75) is 32.8 Å². The van der Waals surface area contributed by atoms with Gasteiger partial charge in [-0.1, -0.05) is 0 Å². The van der Waals surface area contributed by atoms with E-state index in [4.69, 9.17) is 10.5 Å². The van der Waals surface area contributed by atoms with E-state index in [1.54, 1.807) is 23.1 Å². The molecule has 2 amide bonds. The number of hydrogen-bond donors (Lipinski definition) is 1. The number of carbonyl (C=O) groups excluding carboxylic acids is 2. The number of ether oxygens (including phenoxy) is 1. The molecule has 5 nitrogen and oxygen atoms in total. The first kappa shape index (κ1) is 13.4. The maximum Gasteiger partial charge on any atom is 0.248 e. The van der Waals surface area contributed by atoms with Gasteiger partial charge >= 0.3 is 0 Å². The summed E-state index contributed by atoms with van der Waals surface area (Å²) in [7, 11) is 0. The van der Waals surface area contributed by atoms with Gasteiger partial charge in [-0.05, 0) is 32.4 Å². The maximum absolute atomic E-state index is 11.8. The molecule has 1 heterocycles. The van der Waals surface area contributed by atoms with E-state index in [9.17, 15) is 9.59 Å². The first-order valence-electron chi connectivity index (χ1n) is 6.39. The van der Waals surface area contributed by atoms with E-state index in [1.165, 1.54) is 0 Å². The average Bonchev–Trinajstić information content (AvgIpc) is 2.74. The lowest BCUT2D eigenvalue weighted by atomic mass is 10.1. The van der Waals surface area contributed by atoms with E-state index in [0.717, 1.165) is 6.42 Å². The van der Waals surface area contributed by atoms with Gasteiger partial charge in [0.15, 0.2) is 0 Å². The van der Waals surface area contributed by atoms with Gasteiger partial charge in [-0.3, -0.25) is 9.59 Å². The van der Waals surface area contributed by atoms with Crippen molar-refractivity contribution in [1.82, 2.24) is 0 Å². The zero-order valence-corrected chi connectivity index (χ0v) is 11.2. The van der Waals surface area contributed by atoms with Crippen LogP contribution in [0.5, 0.6) is 5.75 Å². The lowest BCUT2D eigenvalue weighted by Gasteiger charge is -2.19. The molecule has 19 heavy (non-hydrogen) atoms. The SMILES string of the molecule is CC(C)Oc1cc(C(N)=O)cc(N2CCCC2=O)c1. The van der Waals surface area contributed by atoms with Crippen molar-refractivity contribution in [2.24, 2.45) is 5.73 Å². The molecule has 102 valence electrons. The predicted octanol–water partition coefficient (Wildman–Crippen LogP) is 1.70. The second-order valence-electron chi connectivity index (χ2n) is 4.90. The van der Waals surface area contributed by atoms with Crippen molar-refractivity contribution >= 4 is 17.5 Å². The van der Waals surface area contributed by atoms with E-state index >= 15 is 0 Å². The zero-order chi connectivity index (χ0) is 14.0. The summed E-state index contributed by atoms with van der Waals surface area (Å²) in [6.07, 6.45) is 1.37. The molecule has 0 saturated carbocycles. The lowest BCUT2D eigenvalue weighted by molar-refractivity contribution is -0.117. The van der Waals surface area contributed by atoms with Gasteiger partial charge in [-0.2, -0.15) is 0 Å². The van der Waals surface area contributed by atoms with Crippen molar-refractivity contribution in [2.75, 3.05) is 11.4 Å². The minimum absolute atomic E-state index is 0.00902. The Labute approximate surface area is 112 Å². The number of rotatable bonds is 4. The number of amides is 2. The number of hydrogen-bond acceptors (Lipinski definition) is 3. The highest BCUT2D eigenvalue weighted by Gasteiger charge is 2.23. The third-order valence-electron chi connectivity index (χ3n) is 2.93. The summed E-state index contributed by atoms with van der Waals surface area (Å²) in [5.41, 5.74) is 6.35. The van der Waals surface area contributed by atoms with Crippen LogP contribution in [0.25, 0.3) is 0 Å². The minimum atomic E-state index is -0.526. The van der Waals surface area contributed by atoms with E-state index in [-0.39, 0.29) is 12.0 Å². The largest absolute Gasteiger partial charge is 0.491 e. The number of anilines is 1. The van der Waals surface area contributed by atoms with Gasteiger partial charge in [0.1, 0.15) is 5.75 Å². The first-order valence-corrected chi connectivity index (χ1v) is 6.39. The molecule has 1 aromatic rings. The Hall–Kier alpha value is -2.04. The molecule has 5 heteroatoms. The van der Waals surface area contributed by atoms with Crippen molar-refractivity contribution in [3.05, 3.63) is 23.8 Å². The van der Waals surface area contributed by atoms with Crippen LogP contribution in [-0.4, -0.2) is 24.5 Å². The molecule has 2 N–H and O–H groups in total. The second-order valence-corrected chi connectivity index (χ2v) is 4.90. The molecule has 1 aliphatic heterocycles. The summed E-state index contributed by atoms with van der Waals surface area (Å²) in [4.78, 5) is 24.8. The fraction of sp³-hybridized carbons (Fsp3) is 0.429. The van der Waals surface area contributed by atoms with Crippen LogP contribution in [0.2, 0.25) is 0 Å². The highest BCUT2D eigenvalue weighted by atomic mass is 16.5. The molecule has 0 aromatic heterocycles. The first-order chi connectivity index (χ1) is 8.97. The smallest absolute Gasteiger partial charge is 0.248 e. The molecule has 0 atom stereocenters. The molecule has 1 fully saturated rings. The Kier molecular flexibility index (Phi) is 3.74. The average molecular weight is 262 g/mol. The molecule has 0 unspecified atom stereocenters. The normalized spacial score (nSPS) is 15.1. The van der Waals surface area contributed by atoms with Crippen LogP contribution in [-0.2, 0) is 4.79 Å². The van der Waals surface area contributed by atoms with Gasteiger partial charge in [0.25, 0.3) is 0 Å². The van der Waals surface area contributed by atoms with E-state index < -0.39 is 5.91 Å². The number of carbonyl (C=O) groups is 2. The van der Waals surface area contributed by atoms with Crippen LogP contribution in [0.1, 0.15) is 37.0 Å². The molecular weight excluding hydrogens is 244 g/mol. The van der Waals surface area contributed by atoms with Crippen molar-refractivity contribution in [3.8, 4) is 5.75 Å². The number of nitrogens with two attached hydrogens (primary N) is 1. The topological polar surface area (TPSA) is 72.6 Å². The third kappa shape index (κ3) is 3.05. The summed E-state index contributed by atoms with van der Waals surface area (Å²) in [5.74, 6) is 0.0974. The molecule has 0 radical (unpaired) electrons. The summed E-state index contributed by atoms with van der Waals surface area (Å²) >= 11 is 0. The fourth-order valence-electron chi connectivity index (χ4n) is 2.14. The van der Waals surface area contributed by atoms with Gasteiger partial charge < -0.3 is 15.4 Å². The molecule has 0 spiro atoms. The Bertz CT molecular complexity index is 511. The van der Waals surface area contributed by atoms with Gasteiger partial charge in [0, 0.05) is 30.3 Å². The van der Waals surface area contributed by atoms with E-state index in [0.29, 0.717) is 30.0 Å². The van der Waals surface area contributed by atoms with Crippen molar-refractivity contribution in [3.63, 3.8) is 0 Å². The minimum Gasteiger partial charge on any atom is -0.491 e. The fourth-order valence-corrected chi connectivity index (χ4v) is 2.14. The second kappa shape index (κ2) is 5.30. The lowest BCUT2D eigenvalue weighted by Crippen LogP contribution is -2.24. The Morgan fingerprint density at radius 3 is 2.63 bits per heavy atom. The number of nitrogens with zero attached hydrogens (tertiary/aromatic N) is 1. The maximum atomic E-state index is 11.8. The molecule has 0 aliphatic carbocycles. The predicted molar refractivity (Wildman–Crippen MR) is 72.3 cm³/mol. The molecule has 1 aliphatic rings. The summed E-state index contributed by atoms with van der Waals surface area (Å²) < 4.78 is 5.59. The summed E-state index contributed by atoms with van der Waals surface area (Å²) in [6, 6.07) is 5.01. The van der Waals surface area contributed by atoms with Crippen LogP contribution in [0.3, 0.4) is 0 Å². The molecule has 0 bridgehead atoms. The quantitative estimate of drug-likeness (QED) is 0.897. The van der Waals surface area contributed by atoms with Crippen LogP contribution in [0.15, 0.2) is 18.2 Å². The monoisotopic (exact) mass is 262 g/mol. The van der Waals surface area contributed by atoms with Gasteiger partial charge in [0.2, 0.25) is 11.8 Å². The molecular formula is C14H18N2O3. The van der Waals surface area contributed by atoms with Gasteiger partial charge in [-0.25, -0.2) is 0 Å². The third-order valence-corrected chi connectivity index (χ3v) is 2.93. The van der Waals surface area contributed by atoms with Crippen molar-refractivity contribution in [1.29, 1.82) is 0 Å². The Morgan fingerprint density at radius 1 is 1.37 bits per heavy atom. The highest BCUT2D eigenvalue weighted by molar-refractivity contribution is 5.99. The zero-order valence-electron chi connectivity index (χ0n) is 11.2.